The molecule has 7 amide bonds. The van der Waals surface area contributed by atoms with Crippen molar-refractivity contribution in [3.63, 3.8) is 0 Å². The van der Waals surface area contributed by atoms with Gasteiger partial charge in [0.15, 0.2) is 0 Å². The first kappa shape index (κ1) is 80.4. The Labute approximate surface area is 584 Å². The molecule has 0 aromatic heterocycles. The third kappa shape index (κ3) is 22.4. The molecule has 536 valence electrons. The van der Waals surface area contributed by atoms with Crippen LogP contribution in [0.5, 0.6) is 0 Å². The standard InChI is InChI=1S/C35H47ClN4O9.C26H41N3O8.C8H8ClN.ClH/c1-7-10-15-46-16-14-27(37-32(44)49-34(4,5)6)30(42)40-20-24(48-33(45)39-19-22-12-11-13-26(36)25(22)21-39)17-28(40)29(41)38-35(18-23(35)8-2)31(43)47-9-3;1-7-10-12-35-13-11-19(27-24(34)37-25(4,5)6)22(32)29-16-18(30)14-20(29)21(31)28-26(15-17(26)8-2)23(33)36-9-3;9-8-3-1-2-6-4-10-5-7(6)8;/h7-8,11-13,23-24,27-28H,1-2,9-10,14-21H2,3-6H3,(H,37,44)(H,38,41);7-8,17-20,30H,1-2,9-16H2,3-6H3,(H,27,34)(H,28,31);1-3,10H,4-5H2;1H/t23-,24-,27+,28+,35-;17-,18-,19+,20+,26-;;/m11../s1. The van der Waals surface area contributed by atoms with Gasteiger partial charge >= 0.3 is 30.2 Å². The maximum absolute atomic E-state index is 14.2. The smallest absolute Gasteiger partial charge is 0.410 e. The van der Waals surface area contributed by atoms with Gasteiger partial charge in [-0.05, 0) is 115 Å². The van der Waals surface area contributed by atoms with Crippen molar-refractivity contribution >= 4 is 89.5 Å². The molecular formula is C69H97Cl3N8O17. The second-order valence-electron chi connectivity index (χ2n) is 26.2. The Morgan fingerprint density at radius 3 is 1.55 bits per heavy atom. The lowest BCUT2D eigenvalue weighted by molar-refractivity contribution is -0.150. The van der Waals surface area contributed by atoms with Gasteiger partial charge in [-0.1, -0.05) is 71.8 Å². The predicted molar refractivity (Wildman–Crippen MR) is 365 cm³/mol. The molecule has 0 bridgehead atoms. The topological polar surface area (TPSA) is 308 Å². The average Bonchev–Trinajstić information content (AvgIpc) is 1.59. The number of ether oxygens (including phenoxy) is 7. The summed E-state index contributed by atoms with van der Waals surface area (Å²) in [5.74, 6) is -4.17. The molecule has 4 fully saturated rings. The minimum absolute atomic E-state index is 0. The molecular weight excluding hydrogens is 1320 g/mol. The van der Waals surface area contributed by atoms with E-state index < -0.39 is 113 Å². The molecule has 2 aromatic carbocycles. The summed E-state index contributed by atoms with van der Waals surface area (Å²) in [6, 6.07) is 7.12. The molecule has 0 spiro atoms. The second-order valence-corrected chi connectivity index (χ2v) is 27.0. The number of hydrogen-bond acceptors (Lipinski definition) is 18. The predicted octanol–water partition coefficient (Wildman–Crippen LogP) is 8.08. The molecule has 2 saturated carbocycles. The SMILES string of the molecule is C=CCCOCC[C@H](NC(=O)OC(C)(C)C)C(=O)N1C[C@H](O)C[C@H]1C(=O)N[C@]1(C(=O)OCC)C[C@H]1C=C.C=CCCOCC[C@H](NC(=O)OC(C)(C)C)C(=O)N1C[C@H](OC(=O)N2Cc3cccc(Cl)c3C2)C[C@H]1C(=O)N[C@]1(C(=O)OCC)C[C@H]1C=C.Cl.Clc1cccc2c1CNC2. The van der Waals surface area contributed by atoms with Crippen molar-refractivity contribution < 1.29 is 81.4 Å². The van der Waals surface area contributed by atoms with Crippen LogP contribution in [0.1, 0.15) is 129 Å². The molecule has 0 radical (unpaired) electrons. The van der Waals surface area contributed by atoms with Crippen molar-refractivity contribution in [3.05, 3.63) is 119 Å². The lowest BCUT2D eigenvalue weighted by Gasteiger charge is -2.30. The zero-order valence-corrected chi connectivity index (χ0v) is 59.2. The Morgan fingerprint density at radius 1 is 0.649 bits per heavy atom. The lowest BCUT2D eigenvalue weighted by Crippen LogP contribution is -2.57. The maximum atomic E-state index is 14.2. The van der Waals surface area contributed by atoms with Gasteiger partial charge in [-0.25, -0.2) is 24.0 Å². The number of fused-ring (bicyclic) bond motifs is 2. The summed E-state index contributed by atoms with van der Waals surface area (Å²) in [6.45, 7) is 31.9. The molecule has 25 nitrogen and oxygen atoms in total. The van der Waals surface area contributed by atoms with E-state index in [1.165, 1.54) is 25.8 Å². The number of hydrogen-bond donors (Lipinski definition) is 6. The van der Waals surface area contributed by atoms with E-state index in [9.17, 15) is 48.3 Å². The number of halogens is 3. The van der Waals surface area contributed by atoms with Crippen molar-refractivity contribution in [2.24, 2.45) is 11.8 Å². The molecule has 0 unspecified atom stereocenters. The van der Waals surface area contributed by atoms with Gasteiger partial charge in [-0.2, -0.15) is 0 Å². The highest BCUT2D eigenvalue weighted by atomic mass is 35.5. The van der Waals surface area contributed by atoms with Gasteiger partial charge in [0.2, 0.25) is 23.6 Å². The highest BCUT2D eigenvalue weighted by Gasteiger charge is 2.63. The first-order valence-corrected chi connectivity index (χ1v) is 33.3. The summed E-state index contributed by atoms with van der Waals surface area (Å²) in [4.78, 5) is 123. The third-order valence-electron chi connectivity index (χ3n) is 16.6. The summed E-state index contributed by atoms with van der Waals surface area (Å²) in [7, 11) is 0. The number of alkyl carbamates (subject to hydrolysis) is 2. The van der Waals surface area contributed by atoms with E-state index in [-0.39, 0.29) is 96.0 Å². The highest BCUT2D eigenvalue weighted by molar-refractivity contribution is 6.31. The van der Waals surface area contributed by atoms with Gasteiger partial charge in [0.25, 0.3) is 0 Å². The van der Waals surface area contributed by atoms with Crippen LogP contribution < -0.4 is 26.6 Å². The van der Waals surface area contributed by atoms with Crippen LogP contribution in [0.25, 0.3) is 0 Å². The summed E-state index contributed by atoms with van der Waals surface area (Å²) >= 11 is 12.3. The van der Waals surface area contributed by atoms with Crippen LogP contribution in [0.3, 0.4) is 0 Å². The fraction of sp³-hybridized carbons (Fsp3) is 0.580. The first-order chi connectivity index (χ1) is 45.5. The quantitative estimate of drug-likeness (QED) is 0.0213. The second kappa shape index (κ2) is 36.5. The number of nitrogens with one attached hydrogen (secondary N) is 5. The van der Waals surface area contributed by atoms with E-state index in [4.69, 9.17) is 56.4 Å². The van der Waals surface area contributed by atoms with Crippen LogP contribution in [0.15, 0.2) is 87.0 Å². The monoisotopic (exact) mass is 1410 g/mol. The van der Waals surface area contributed by atoms with Gasteiger partial charge in [0.05, 0.1) is 32.4 Å². The van der Waals surface area contributed by atoms with Gasteiger partial charge in [0.1, 0.15) is 52.6 Å². The fourth-order valence-electron chi connectivity index (χ4n) is 11.6. The molecule has 10 atom stereocenters. The lowest BCUT2D eigenvalue weighted by atomic mass is 10.1. The van der Waals surface area contributed by atoms with Crippen molar-refractivity contribution in [3.8, 4) is 0 Å². The van der Waals surface area contributed by atoms with Crippen molar-refractivity contribution in [2.45, 2.75) is 192 Å². The largest absolute Gasteiger partial charge is 0.464 e. The van der Waals surface area contributed by atoms with Crippen molar-refractivity contribution in [1.82, 2.24) is 41.3 Å². The van der Waals surface area contributed by atoms with Crippen LogP contribution >= 0.6 is 35.6 Å². The Hall–Kier alpha value is -7.26. The molecule has 4 heterocycles. The number of carbonyl (C=O) groups excluding carboxylic acids is 9. The Morgan fingerprint density at radius 2 is 1.11 bits per heavy atom. The minimum atomic E-state index is -1.31. The third-order valence-corrected chi connectivity index (χ3v) is 17.3. The average molecular weight is 1420 g/mol. The number of likely N-dealkylation sites (tertiary alicyclic amines) is 2. The van der Waals surface area contributed by atoms with E-state index in [0.717, 1.165) is 29.2 Å². The number of β-amino-alcohol motifs (C(OH)–C–C–N with tert-alkyl or cyclic N) is 1. The number of carbonyl (C=O) groups is 9. The van der Waals surface area contributed by atoms with Gasteiger partial charge in [-0.3, -0.25) is 24.1 Å². The zero-order valence-electron chi connectivity index (χ0n) is 56.8. The number of amides is 7. The Kier molecular flexibility index (Phi) is 30.3. The summed E-state index contributed by atoms with van der Waals surface area (Å²) < 4.78 is 38.1. The van der Waals surface area contributed by atoms with Crippen LogP contribution in [-0.4, -0.2) is 185 Å². The van der Waals surface area contributed by atoms with Crippen LogP contribution in [-0.2, 0) is 88.1 Å². The maximum Gasteiger partial charge on any atom is 0.410 e. The van der Waals surface area contributed by atoms with E-state index in [1.807, 2.05) is 24.3 Å². The summed E-state index contributed by atoms with van der Waals surface area (Å²) in [5, 5.41) is 25.8. The highest BCUT2D eigenvalue weighted by Crippen LogP contribution is 2.47. The van der Waals surface area contributed by atoms with Crippen molar-refractivity contribution in [2.75, 3.05) is 52.7 Å². The first-order valence-electron chi connectivity index (χ1n) is 32.6. The number of aliphatic hydroxyl groups is 1. The number of esters is 2. The van der Waals surface area contributed by atoms with Gasteiger partial charge in [-0.15, -0.1) is 38.7 Å². The van der Waals surface area contributed by atoms with E-state index >= 15 is 0 Å². The number of benzene rings is 2. The molecule has 6 aliphatic rings. The summed E-state index contributed by atoms with van der Waals surface area (Å²) in [6.07, 6.45) is 4.53. The normalized spacial score (nSPS) is 23.0. The van der Waals surface area contributed by atoms with Gasteiger partial charge in [0, 0.05) is 100 Å². The summed E-state index contributed by atoms with van der Waals surface area (Å²) in [5.41, 5.74) is 0.186. The molecule has 8 rings (SSSR count). The number of nitrogens with zero attached hydrogens (tertiary/aromatic N) is 3. The minimum Gasteiger partial charge on any atom is -0.464 e. The van der Waals surface area contributed by atoms with Crippen molar-refractivity contribution in [1.29, 1.82) is 0 Å². The van der Waals surface area contributed by atoms with Crippen LogP contribution in [0, 0.1) is 11.8 Å². The van der Waals surface area contributed by atoms with Crippen LogP contribution in [0.4, 0.5) is 14.4 Å². The number of rotatable bonds is 27. The Bertz CT molecular complexity index is 3160. The van der Waals surface area contributed by atoms with E-state index in [2.05, 4.69) is 59.0 Å². The molecule has 6 N–H and O–H groups in total. The zero-order chi connectivity index (χ0) is 70.7. The molecule has 28 heteroatoms. The molecule has 97 heavy (non-hydrogen) atoms. The van der Waals surface area contributed by atoms with E-state index in [0.29, 0.717) is 50.5 Å². The molecule has 4 aliphatic heterocycles. The Balaban J connectivity index is 0.000000310. The molecule has 2 aliphatic carbocycles. The molecule has 2 saturated heterocycles. The number of aliphatic hydroxyl groups excluding tert-OH is 1. The van der Waals surface area contributed by atoms with Gasteiger partial charge < -0.3 is 74.6 Å². The van der Waals surface area contributed by atoms with Crippen LogP contribution in [0.2, 0.25) is 10.0 Å². The van der Waals surface area contributed by atoms with E-state index in [1.54, 1.807) is 85.8 Å². The molecule has 2 aromatic rings. The fourth-order valence-corrected chi connectivity index (χ4v) is 12.1.